The van der Waals surface area contributed by atoms with Gasteiger partial charge in [-0.05, 0) is 5.56 Å². The van der Waals surface area contributed by atoms with Crippen molar-refractivity contribution in [3.63, 3.8) is 0 Å². The molecule has 2 saturated heterocycles. The number of aliphatic hydroxyl groups excluding tert-OH is 1. The van der Waals surface area contributed by atoms with E-state index < -0.39 is 0 Å². The number of hydrogen-bond acceptors (Lipinski definition) is 3. The van der Waals surface area contributed by atoms with Crippen LogP contribution in [0.1, 0.15) is 25.8 Å². The molecule has 3 heteroatoms. The Kier molecular flexibility index (Phi) is 3.61. The SMILES string of the molecule is C[C@@H]1[C@H](OCc2ccccc2)[C@H](C)[C@@H]2C[C@@H](O)[C@H]1O2. The van der Waals surface area contributed by atoms with Crippen molar-refractivity contribution in [2.75, 3.05) is 0 Å². The smallest absolute Gasteiger partial charge is 0.0889 e. The molecule has 3 nitrogen and oxygen atoms in total. The molecule has 0 unspecified atom stereocenters. The van der Waals surface area contributed by atoms with Gasteiger partial charge in [0, 0.05) is 18.3 Å². The molecule has 104 valence electrons. The quantitative estimate of drug-likeness (QED) is 0.909. The van der Waals surface area contributed by atoms with Gasteiger partial charge in [-0.3, -0.25) is 0 Å². The minimum atomic E-state index is -0.326. The Morgan fingerprint density at radius 3 is 2.68 bits per heavy atom. The first-order chi connectivity index (χ1) is 9.16. The zero-order valence-electron chi connectivity index (χ0n) is 11.5. The van der Waals surface area contributed by atoms with Crippen molar-refractivity contribution >= 4 is 0 Å². The lowest BCUT2D eigenvalue weighted by atomic mass is 9.86. The molecule has 3 rings (SSSR count). The van der Waals surface area contributed by atoms with Crippen LogP contribution in [0.25, 0.3) is 0 Å². The lowest BCUT2D eigenvalue weighted by Crippen LogP contribution is -2.46. The summed E-state index contributed by atoms with van der Waals surface area (Å²) >= 11 is 0. The van der Waals surface area contributed by atoms with E-state index in [0.29, 0.717) is 12.5 Å². The minimum Gasteiger partial charge on any atom is -0.390 e. The lowest BCUT2D eigenvalue weighted by molar-refractivity contribution is -0.163. The first-order valence-electron chi connectivity index (χ1n) is 7.16. The van der Waals surface area contributed by atoms with Crippen LogP contribution in [0.5, 0.6) is 0 Å². The van der Waals surface area contributed by atoms with Crippen molar-refractivity contribution < 1.29 is 14.6 Å². The second kappa shape index (κ2) is 5.23. The Morgan fingerprint density at radius 1 is 1.21 bits per heavy atom. The maximum Gasteiger partial charge on any atom is 0.0889 e. The van der Waals surface area contributed by atoms with Gasteiger partial charge in [-0.25, -0.2) is 0 Å². The average Bonchev–Trinajstić information content (AvgIpc) is 2.78. The van der Waals surface area contributed by atoms with Gasteiger partial charge in [0.1, 0.15) is 0 Å². The van der Waals surface area contributed by atoms with E-state index in [1.54, 1.807) is 0 Å². The summed E-state index contributed by atoms with van der Waals surface area (Å²) < 4.78 is 12.0. The van der Waals surface area contributed by atoms with E-state index >= 15 is 0 Å². The van der Waals surface area contributed by atoms with Gasteiger partial charge in [0.05, 0.1) is 31.0 Å². The van der Waals surface area contributed by atoms with Crippen LogP contribution < -0.4 is 0 Å². The third-order valence-electron chi connectivity index (χ3n) is 4.61. The minimum absolute atomic E-state index is 0.0537. The summed E-state index contributed by atoms with van der Waals surface area (Å²) in [6, 6.07) is 10.2. The standard InChI is InChI=1S/C16H22O3/c1-10-14-8-13(17)16(19-14)11(2)15(10)18-9-12-6-4-3-5-7-12/h3-7,10-11,13-17H,8-9H2,1-2H3/t10-,11-,13-,14+,15-,16+/m1/s1. The fraction of sp³-hybridized carbons (Fsp3) is 0.625. The molecule has 6 atom stereocenters. The summed E-state index contributed by atoms with van der Waals surface area (Å²) in [5.74, 6) is 0.583. The van der Waals surface area contributed by atoms with Crippen LogP contribution in [0.2, 0.25) is 0 Å². The van der Waals surface area contributed by atoms with Gasteiger partial charge in [-0.15, -0.1) is 0 Å². The maximum atomic E-state index is 10.0. The number of aliphatic hydroxyl groups is 1. The Bertz CT molecular complexity index is 419. The van der Waals surface area contributed by atoms with Crippen molar-refractivity contribution in [1.82, 2.24) is 0 Å². The summed E-state index contributed by atoms with van der Waals surface area (Å²) in [5, 5.41) is 10.0. The third-order valence-corrected chi connectivity index (χ3v) is 4.61. The van der Waals surface area contributed by atoms with Crippen molar-refractivity contribution in [3.8, 4) is 0 Å². The van der Waals surface area contributed by atoms with Gasteiger partial charge >= 0.3 is 0 Å². The Morgan fingerprint density at radius 2 is 1.95 bits per heavy atom. The molecule has 0 spiro atoms. The van der Waals surface area contributed by atoms with Crippen LogP contribution >= 0.6 is 0 Å². The van der Waals surface area contributed by atoms with E-state index in [4.69, 9.17) is 9.47 Å². The van der Waals surface area contributed by atoms with Crippen LogP contribution in [0.3, 0.4) is 0 Å². The molecule has 2 heterocycles. The molecule has 1 aromatic carbocycles. The van der Waals surface area contributed by atoms with E-state index in [1.807, 2.05) is 18.2 Å². The van der Waals surface area contributed by atoms with Gasteiger partial charge < -0.3 is 14.6 Å². The number of benzene rings is 1. The molecule has 0 radical (unpaired) electrons. The summed E-state index contributed by atoms with van der Waals surface area (Å²) in [5.41, 5.74) is 1.20. The number of rotatable bonds is 3. The third kappa shape index (κ3) is 2.42. The normalized spacial score (nSPS) is 41.4. The van der Waals surface area contributed by atoms with Crippen molar-refractivity contribution in [3.05, 3.63) is 35.9 Å². The zero-order valence-corrected chi connectivity index (χ0v) is 11.5. The molecule has 2 fully saturated rings. The first-order valence-corrected chi connectivity index (χ1v) is 7.16. The van der Waals surface area contributed by atoms with E-state index in [0.717, 1.165) is 6.42 Å². The second-order valence-electron chi connectivity index (χ2n) is 5.92. The molecule has 2 aliphatic heterocycles. The molecule has 0 amide bonds. The summed E-state index contributed by atoms with van der Waals surface area (Å²) in [7, 11) is 0. The van der Waals surface area contributed by atoms with Crippen LogP contribution in [-0.2, 0) is 16.1 Å². The van der Waals surface area contributed by atoms with Gasteiger partial charge in [-0.2, -0.15) is 0 Å². The van der Waals surface area contributed by atoms with Crippen molar-refractivity contribution in [2.45, 2.75) is 51.3 Å². The molecule has 1 aromatic rings. The van der Waals surface area contributed by atoms with Gasteiger partial charge in [0.15, 0.2) is 0 Å². The summed E-state index contributed by atoms with van der Waals surface area (Å²) in [6.45, 7) is 4.93. The van der Waals surface area contributed by atoms with Gasteiger partial charge in [0.2, 0.25) is 0 Å². The average molecular weight is 262 g/mol. The molecular weight excluding hydrogens is 240 g/mol. The van der Waals surface area contributed by atoms with Crippen LogP contribution in [-0.4, -0.2) is 29.5 Å². The van der Waals surface area contributed by atoms with Gasteiger partial charge in [0.25, 0.3) is 0 Å². The topological polar surface area (TPSA) is 38.7 Å². The number of hydrogen-bond donors (Lipinski definition) is 1. The Hall–Kier alpha value is -0.900. The fourth-order valence-electron chi connectivity index (χ4n) is 3.48. The monoisotopic (exact) mass is 262 g/mol. The number of ether oxygens (including phenoxy) is 2. The van der Waals surface area contributed by atoms with Gasteiger partial charge in [-0.1, -0.05) is 44.2 Å². The molecule has 2 bridgehead atoms. The Labute approximate surface area is 114 Å². The maximum absolute atomic E-state index is 10.0. The van der Waals surface area contributed by atoms with E-state index in [-0.39, 0.29) is 30.3 Å². The molecule has 0 saturated carbocycles. The van der Waals surface area contributed by atoms with E-state index in [2.05, 4.69) is 26.0 Å². The van der Waals surface area contributed by atoms with Crippen molar-refractivity contribution in [1.29, 1.82) is 0 Å². The van der Waals surface area contributed by atoms with E-state index in [9.17, 15) is 5.11 Å². The van der Waals surface area contributed by atoms with Crippen molar-refractivity contribution in [2.24, 2.45) is 11.8 Å². The molecule has 1 N–H and O–H groups in total. The lowest BCUT2D eigenvalue weighted by Gasteiger charge is -2.39. The fourth-order valence-corrected chi connectivity index (χ4v) is 3.48. The van der Waals surface area contributed by atoms with Crippen LogP contribution in [0.4, 0.5) is 0 Å². The predicted octanol–water partition coefficient (Wildman–Crippen LogP) is 2.38. The number of fused-ring (bicyclic) bond motifs is 2. The summed E-state index contributed by atoms with van der Waals surface area (Å²) in [6.07, 6.45) is 0.689. The highest BCUT2D eigenvalue weighted by atomic mass is 16.5. The highest BCUT2D eigenvalue weighted by Crippen LogP contribution is 2.41. The van der Waals surface area contributed by atoms with Crippen LogP contribution in [0, 0.1) is 11.8 Å². The zero-order chi connectivity index (χ0) is 13.4. The second-order valence-corrected chi connectivity index (χ2v) is 5.92. The summed E-state index contributed by atoms with van der Waals surface area (Å²) in [4.78, 5) is 0. The van der Waals surface area contributed by atoms with Crippen LogP contribution in [0.15, 0.2) is 30.3 Å². The highest BCUT2D eigenvalue weighted by molar-refractivity contribution is 5.13. The molecule has 2 aliphatic rings. The predicted molar refractivity (Wildman–Crippen MR) is 72.6 cm³/mol. The highest BCUT2D eigenvalue weighted by Gasteiger charge is 2.50. The Balaban J connectivity index is 1.67. The molecule has 0 aromatic heterocycles. The molecule has 0 aliphatic carbocycles. The largest absolute Gasteiger partial charge is 0.390 e. The molecular formula is C16H22O3. The first kappa shape index (κ1) is 13.1. The van der Waals surface area contributed by atoms with E-state index in [1.165, 1.54) is 5.56 Å². The molecule has 19 heavy (non-hydrogen) atoms.